The van der Waals surface area contributed by atoms with Gasteiger partial charge in [0.2, 0.25) is 0 Å². The predicted molar refractivity (Wildman–Crippen MR) is 111 cm³/mol. The van der Waals surface area contributed by atoms with Crippen LogP contribution in [-0.2, 0) is 22.6 Å². The first-order chi connectivity index (χ1) is 15.9. The van der Waals surface area contributed by atoms with E-state index in [-0.39, 0.29) is 23.5 Å². The fourth-order valence-corrected chi connectivity index (χ4v) is 4.24. The summed E-state index contributed by atoms with van der Waals surface area (Å²) in [5, 5.41) is 0. The molecule has 0 aliphatic carbocycles. The molecule has 0 saturated carbocycles. The van der Waals surface area contributed by atoms with Crippen molar-refractivity contribution in [3.05, 3.63) is 78.1 Å². The van der Waals surface area contributed by atoms with E-state index in [9.17, 15) is 34.8 Å². The summed E-state index contributed by atoms with van der Waals surface area (Å²) in [7, 11) is -5.57. The lowest BCUT2D eigenvalue weighted by atomic mass is 10.1. The number of halogens is 6. The van der Waals surface area contributed by atoms with Crippen molar-refractivity contribution in [3.8, 4) is 16.9 Å². The number of imidazole rings is 1. The number of nitrogens with zero attached hydrogens (tertiary/aromatic N) is 1. The predicted octanol–water partition coefficient (Wildman–Crippen LogP) is 6.12. The Morgan fingerprint density at radius 1 is 0.882 bits per heavy atom. The van der Waals surface area contributed by atoms with Crippen molar-refractivity contribution in [3.63, 3.8) is 0 Å². The quantitative estimate of drug-likeness (QED) is 0.335. The number of fused-ring (bicyclic) bond motifs is 1. The van der Waals surface area contributed by atoms with E-state index in [1.54, 1.807) is 0 Å². The van der Waals surface area contributed by atoms with Crippen LogP contribution in [-0.4, -0.2) is 23.9 Å². The number of nitrogens with one attached hydrogen (secondary N) is 1. The summed E-state index contributed by atoms with van der Waals surface area (Å²) in [5.74, 6) is 0.490. The van der Waals surface area contributed by atoms with E-state index >= 15 is 0 Å². The molecule has 3 aromatic carbocycles. The SMILES string of the molecule is O=S(=O)(c1ccccc1-c1ccc2nc(COc3ccc(C(F)(F)F)cc3)[nH]c2c1)C(F)(F)F. The lowest BCUT2D eigenvalue weighted by Crippen LogP contribution is -2.23. The van der Waals surface area contributed by atoms with Gasteiger partial charge in [0, 0.05) is 5.56 Å². The molecule has 0 aliphatic heterocycles. The highest BCUT2D eigenvalue weighted by atomic mass is 32.2. The molecule has 1 aromatic heterocycles. The van der Waals surface area contributed by atoms with Gasteiger partial charge in [0.25, 0.3) is 9.84 Å². The Bertz CT molecular complexity index is 1440. The maximum Gasteiger partial charge on any atom is 0.501 e. The van der Waals surface area contributed by atoms with Crippen molar-refractivity contribution in [1.82, 2.24) is 9.97 Å². The van der Waals surface area contributed by atoms with Crippen molar-refractivity contribution in [2.24, 2.45) is 0 Å². The summed E-state index contributed by atoms with van der Waals surface area (Å²) in [6, 6.07) is 13.3. The lowest BCUT2D eigenvalue weighted by molar-refractivity contribution is -0.137. The second-order valence-corrected chi connectivity index (χ2v) is 9.08. The van der Waals surface area contributed by atoms with Gasteiger partial charge in [-0.15, -0.1) is 0 Å². The van der Waals surface area contributed by atoms with Crippen molar-refractivity contribution in [1.29, 1.82) is 0 Å². The first-order valence-electron chi connectivity index (χ1n) is 9.56. The summed E-state index contributed by atoms with van der Waals surface area (Å²) >= 11 is 0. The van der Waals surface area contributed by atoms with E-state index in [0.29, 0.717) is 16.9 Å². The van der Waals surface area contributed by atoms with E-state index in [0.717, 1.165) is 18.2 Å². The maximum atomic E-state index is 13.1. The third-order valence-electron chi connectivity index (χ3n) is 4.88. The Balaban J connectivity index is 1.59. The van der Waals surface area contributed by atoms with Gasteiger partial charge < -0.3 is 9.72 Å². The first kappa shape index (κ1) is 23.6. The molecule has 0 bridgehead atoms. The molecule has 4 aromatic rings. The fourth-order valence-electron chi connectivity index (χ4n) is 3.25. The van der Waals surface area contributed by atoms with Crippen LogP contribution in [0.3, 0.4) is 0 Å². The van der Waals surface area contributed by atoms with Crippen molar-refractivity contribution < 1.29 is 39.5 Å². The third-order valence-corrected chi connectivity index (χ3v) is 6.42. The van der Waals surface area contributed by atoms with Crippen LogP contribution in [0, 0.1) is 0 Å². The zero-order valence-electron chi connectivity index (χ0n) is 16.9. The Hall–Kier alpha value is -3.54. The van der Waals surface area contributed by atoms with E-state index < -0.39 is 32.0 Å². The van der Waals surface area contributed by atoms with E-state index in [4.69, 9.17) is 4.74 Å². The average Bonchev–Trinajstić information content (AvgIpc) is 3.19. The Morgan fingerprint density at radius 2 is 1.56 bits per heavy atom. The highest BCUT2D eigenvalue weighted by Gasteiger charge is 2.47. The molecule has 12 heteroatoms. The number of alkyl halides is 6. The van der Waals surface area contributed by atoms with Gasteiger partial charge in [-0.1, -0.05) is 24.3 Å². The van der Waals surface area contributed by atoms with E-state index in [1.807, 2.05) is 0 Å². The topological polar surface area (TPSA) is 72.1 Å². The molecule has 34 heavy (non-hydrogen) atoms. The van der Waals surface area contributed by atoms with Gasteiger partial charge in [-0.05, 0) is 48.0 Å². The van der Waals surface area contributed by atoms with Crippen LogP contribution in [0.15, 0.2) is 71.6 Å². The smallest absolute Gasteiger partial charge is 0.486 e. The Morgan fingerprint density at radius 3 is 2.21 bits per heavy atom. The zero-order valence-corrected chi connectivity index (χ0v) is 17.7. The van der Waals surface area contributed by atoms with Gasteiger partial charge >= 0.3 is 11.7 Å². The minimum Gasteiger partial charge on any atom is -0.486 e. The van der Waals surface area contributed by atoms with Crippen LogP contribution in [0.4, 0.5) is 26.3 Å². The number of sulfone groups is 1. The molecule has 0 unspecified atom stereocenters. The van der Waals surface area contributed by atoms with Crippen molar-refractivity contribution >= 4 is 20.9 Å². The molecule has 1 heterocycles. The average molecular weight is 500 g/mol. The molecule has 0 radical (unpaired) electrons. The van der Waals surface area contributed by atoms with Crippen LogP contribution in [0.25, 0.3) is 22.2 Å². The molecule has 0 atom stereocenters. The molecule has 0 fully saturated rings. The summed E-state index contributed by atoms with van der Waals surface area (Å²) < 4.78 is 107. The summed E-state index contributed by atoms with van der Waals surface area (Å²) in [5.41, 5.74) is -5.34. The van der Waals surface area contributed by atoms with Gasteiger partial charge in [0.15, 0.2) is 0 Å². The molecule has 0 amide bonds. The van der Waals surface area contributed by atoms with E-state index in [2.05, 4.69) is 9.97 Å². The van der Waals surface area contributed by atoms with Crippen LogP contribution >= 0.6 is 0 Å². The maximum absolute atomic E-state index is 13.1. The summed E-state index contributed by atoms with van der Waals surface area (Å²) in [6.45, 7) is -0.117. The van der Waals surface area contributed by atoms with Crippen LogP contribution in [0.2, 0.25) is 0 Å². The van der Waals surface area contributed by atoms with Gasteiger partial charge in [-0.2, -0.15) is 26.3 Å². The highest BCUT2D eigenvalue weighted by Crippen LogP contribution is 2.37. The second-order valence-electron chi connectivity index (χ2n) is 7.17. The second kappa shape index (κ2) is 8.35. The minimum atomic E-state index is -5.57. The zero-order chi connectivity index (χ0) is 24.7. The normalized spacial score (nSPS) is 12.8. The number of hydrogen-bond acceptors (Lipinski definition) is 4. The van der Waals surface area contributed by atoms with Crippen LogP contribution in [0.1, 0.15) is 11.4 Å². The molecule has 5 nitrogen and oxygen atoms in total. The van der Waals surface area contributed by atoms with Gasteiger partial charge in [0.05, 0.1) is 21.5 Å². The van der Waals surface area contributed by atoms with E-state index in [1.165, 1.54) is 48.5 Å². The number of hydrogen-bond donors (Lipinski definition) is 1. The molecule has 1 N–H and O–H groups in total. The molecular formula is C22H14F6N2O3S. The Labute approximate surface area is 188 Å². The monoisotopic (exact) mass is 500 g/mol. The minimum absolute atomic E-state index is 0.117. The number of rotatable bonds is 5. The summed E-state index contributed by atoms with van der Waals surface area (Å²) in [6.07, 6.45) is -4.47. The molecular weight excluding hydrogens is 486 g/mol. The van der Waals surface area contributed by atoms with Crippen LogP contribution < -0.4 is 4.74 Å². The number of ether oxygens (including phenoxy) is 1. The van der Waals surface area contributed by atoms with Gasteiger partial charge in [0.1, 0.15) is 18.2 Å². The molecule has 0 saturated heterocycles. The Kier molecular flexibility index (Phi) is 5.80. The molecule has 0 aliphatic rings. The fraction of sp³-hybridized carbons (Fsp3) is 0.136. The van der Waals surface area contributed by atoms with Crippen LogP contribution in [0.5, 0.6) is 5.75 Å². The molecule has 4 rings (SSSR count). The molecule has 178 valence electrons. The van der Waals surface area contributed by atoms with Gasteiger partial charge in [-0.25, -0.2) is 13.4 Å². The number of benzene rings is 3. The molecule has 0 spiro atoms. The van der Waals surface area contributed by atoms with Crippen molar-refractivity contribution in [2.75, 3.05) is 0 Å². The highest BCUT2D eigenvalue weighted by molar-refractivity contribution is 7.92. The number of aromatic amines is 1. The standard InChI is InChI=1S/C22H14F6N2O3S/c23-21(24,25)14-6-8-15(9-7-14)33-12-20-29-17-10-5-13(11-18(17)30-20)16-3-1-2-4-19(16)34(31,32)22(26,27)28/h1-11H,12H2,(H,29,30). The number of H-pyrrole nitrogens is 1. The summed E-state index contributed by atoms with van der Waals surface area (Å²) in [4.78, 5) is 6.31. The largest absolute Gasteiger partial charge is 0.501 e. The van der Waals surface area contributed by atoms with Gasteiger partial charge in [-0.3, -0.25) is 0 Å². The van der Waals surface area contributed by atoms with Crippen molar-refractivity contribution in [2.45, 2.75) is 23.2 Å². The number of aromatic nitrogens is 2. The third kappa shape index (κ3) is 4.58. The lowest BCUT2D eigenvalue weighted by Gasteiger charge is -2.12. The first-order valence-corrected chi connectivity index (χ1v) is 11.0.